The lowest BCUT2D eigenvalue weighted by Crippen LogP contribution is -2.13. The van der Waals surface area contributed by atoms with E-state index in [-0.39, 0.29) is 6.04 Å². The molecule has 0 aliphatic rings. The van der Waals surface area contributed by atoms with Crippen molar-refractivity contribution in [2.75, 3.05) is 12.4 Å². The highest BCUT2D eigenvalue weighted by Gasteiger charge is 2.15. The molecule has 0 aromatic carbocycles. The van der Waals surface area contributed by atoms with Crippen molar-refractivity contribution in [2.45, 2.75) is 13.0 Å². The summed E-state index contributed by atoms with van der Waals surface area (Å²) in [4.78, 5) is 0. The summed E-state index contributed by atoms with van der Waals surface area (Å²) in [5.41, 5.74) is 0. The fourth-order valence-electron chi connectivity index (χ4n) is 1.55. The molecule has 6 nitrogen and oxygen atoms in total. The van der Waals surface area contributed by atoms with Gasteiger partial charge in [-0.1, -0.05) is 0 Å². The SMILES string of the molecule is CNc1nnc(C(C)n2cccn2)n1C. The summed E-state index contributed by atoms with van der Waals surface area (Å²) >= 11 is 0. The second-order valence-electron chi connectivity index (χ2n) is 3.35. The van der Waals surface area contributed by atoms with Gasteiger partial charge in [-0.25, -0.2) is 0 Å². The molecule has 2 aromatic rings. The van der Waals surface area contributed by atoms with Crippen molar-refractivity contribution in [2.24, 2.45) is 7.05 Å². The molecule has 0 aliphatic carbocycles. The first-order valence-electron chi connectivity index (χ1n) is 4.80. The Hall–Kier alpha value is -1.85. The van der Waals surface area contributed by atoms with Gasteiger partial charge in [0.2, 0.25) is 5.95 Å². The Morgan fingerprint density at radius 3 is 2.73 bits per heavy atom. The van der Waals surface area contributed by atoms with Gasteiger partial charge in [0, 0.05) is 26.5 Å². The highest BCUT2D eigenvalue weighted by atomic mass is 15.4. The van der Waals surface area contributed by atoms with Crippen LogP contribution in [0.5, 0.6) is 0 Å². The van der Waals surface area contributed by atoms with Crippen molar-refractivity contribution < 1.29 is 0 Å². The van der Waals surface area contributed by atoms with E-state index in [9.17, 15) is 0 Å². The number of hydrogen-bond acceptors (Lipinski definition) is 4. The number of hydrogen-bond donors (Lipinski definition) is 1. The minimum Gasteiger partial charge on any atom is -0.357 e. The average Bonchev–Trinajstić information content (AvgIpc) is 2.85. The molecule has 0 bridgehead atoms. The minimum absolute atomic E-state index is 0.0830. The molecule has 1 unspecified atom stereocenters. The number of aromatic nitrogens is 5. The summed E-state index contributed by atoms with van der Waals surface area (Å²) in [6.45, 7) is 2.04. The van der Waals surface area contributed by atoms with Crippen LogP contribution in [0.15, 0.2) is 18.5 Å². The van der Waals surface area contributed by atoms with Crippen LogP contribution in [0.1, 0.15) is 18.8 Å². The third kappa shape index (κ3) is 1.58. The van der Waals surface area contributed by atoms with E-state index >= 15 is 0 Å². The standard InChI is InChI=1S/C9H14N6/c1-7(15-6-4-5-11-15)8-12-13-9(10-2)14(8)3/h4-7H,1-3H3,(H,10,13). The van der Waals surface area contributed by atoms with Crippen molar-refractivity contribution >= 4 is 5.95 Å². The van der Waals surface area contributed by atoms with Crippen LogP contribution in [0.4, 0.5) is 5.95 Å². The maximum absolute atomic E-state index is 4.18. The number of nitrogens with one attached hydrogen (secondary N) is 1. The van der Waals surface area contributed by atoms with Gasteiger partial charge < -0.3 is 5.32 Å². The van der Waals surface area contributed by atoms with Gasteiger partial charge in [0.1, 0.15) is 6.04 Å². The van der Waals surface area contributed by atoms with Gasteiger partial charge in [-0.15, -0.1) is 10.2 Å². The van der Waals surface area contributed by atoms with Gasteiger partial charge in [0.25, 0.3) is 0 Å². The lowest BCUT2D eigenvalue weighted by atomic mass is 10.3. The first-order chi connectivity index (χ1) is 7.24. The van der Waals surface area contributed by atoms with Crippen molar-refractivity contribution in [1.82, 2.24) is 24.5 Å². The van der Waals surface area contributed by atoms with Gasteiger partial charge in [-0.3, -0.25) is 9.25 Å². The zero-order valence-corrected chi connectivity index (χ0v) is 9.05. The Morgan fingerprint density at radius 2 is 2.20 bits per heavy atom. The smallest absolute Gasteiger partial charge is 0.224 e. The minimum atomic E-state index is 0.0830. The average molecular weight is 206 g/mol. The Balaban J connectivity index is 2.34. The third-order valence-corrected chi connectivity index (χ3v) is 2.43. The summed E-state index contributed by atoms with van der Waals surface area (Å²) in [7, 11) is 3.76. The molecule has 6 heteroatoms. The Morgan fingerprint density at radius 1 is 1.40 bits per heavy atom. The molecule has 0 fully saturated rings. The van der Waals surface area contributed by atoms with Crippen molar-refractivity contribution in [1.29, 1.82) is 0 Å². The monoisotopic (exact) mass is 206 g/mol. The van der Waals surface area contributed by atoms with Crippen LogP contribution in [0, 0.1) is 0 Å². The Kier molecular flexibility index (Phi) is 2.40. The molecule has 0 aliphatic heterocycles. The topological polar surface area (TPSA) is 60.6 Å². The lowest BCUT2D eigenvalue weighted by Gasteiger charge is -2.11. The van der Waals surface area contributed by atoms with Gasteiger partial charge in [-0.2, -0.15) is 5.10 Å². The first-order valence-corrected chi connectivity index (χ1v) is 4.80. The molecule has 2 aromatic heterocycles. The van der Waals surface area contributed by atoms with E-state index in [1.807, 2.05) is 42.5 Å². The fourth-order valence-corrected chi connectivity index (χ4v) is 1.55. The summed E-state index contributed by atoms with van der Waals surface area (Å²) in [5, 5.41) is 15.3. The van der Waals surface area contributed by atoms with Crippen LogP contribution in [0.2, 0.25) is 0 Å². The summed E-state index contributed by atoms with van der Waals surface area (Å²) in [6.07, 6.45) is 3.67. The van der Waals surface area contributed by atoms with Crippen LogP contribution >= 0.6 is 0 Å². The maximum atomic E-state index is 4.18. The predicted octanol–water partition coefficient (Wildman–Crippen LogP) is 0.663. The van der Waals surface area contributed by atoms with Gasteiger partial charge >= 0.3 is 0 Å². The molecule has 15 heavy (non-hydrogen) atoms. The maximum Gasteiger partial charge on any atom is 0.224 e. The van der Waals surface area contributed by atoms with E-state index in [0.717, 1.165) is 11.8 Å². The molecule has 0 amide bonds. The predicted molar refractivity (Wildman–Crippen MR) is 56.6 cm³/mol. The zero-order chi connectivity index (χ0) is 10.8. The van der Waals surface area contributed by atoms with E-state index in [1.165, 1.54) is 0 Å². The molecular weight excluding hydrogens is 192 g/mol. The number of nitrogens with zero attached hydrogens (tertiary/aromatic N) is 5. The van der Waals surface area contributed by atoms with Crippen molar-refractivity contribution in [3.8, 4) is 0 Å². The Bertz CT molecular complexity index is 429. The fraction of sp³-hybridized carbons (Fsp3) is 0.444. The van der Waals surface area contributed by atoms with E-state index in [2.05, 4.69) is 20.6 Å². The molecule has 0 saturated heterocycles. The first kappa shape index (κ1) is 9.70. The molecule has 1 atom stereocenters. The quantitative estimate of drug-likeness (QED) is 0.801. The van der Waals surface area contributed by atoms with Gasteiger partial charge in [0.05, 0.1) is 0 Å². The molecule has 0 radical (unpaired) electrons. The molecule has 0 spiro atoms. The third-order valence-electron chi connectivity index (χ3n) is 2.43. The number of anilines is 1. The van der Waals surface area contributed by atoms with Crippen LogP contribution < -0.4 is 5.32 Å². The van der Waals surface area contributed by atoms with Crippen LogP contribution in [0.25, 0.3) is 0 Å². The van der Waals surface area contributed by atoms with Gasteiger partial charge in [-0.05, 0) is 13.0 Å². The summed E-state index contributed by atoms with van der Waals surface area (Å²) < 4.78 is 3.77. The van der Waals surface area contributed by atoms with E-state index in [0.29, 0.717) is 0 Å². The van der Waals surface area contributed by atoms with E-state index in [4.69, 9.17) is 0 Å². The largest absolute Gasteiger partial charge is 0.357 e. The molecule has 0 saturated carbocycles. The second-order valence-corrected chi connectivity index (χ2v) is 3.35. The van der Waals surface area contributed by atoms with Gasteiger partial charge in [0.15, 0.2) is 5.82 Å². The van der Waals surface area contributed by atoms with Crippen LogP contribution in [-0.4, -0.2) is 31.6 Å². The second kappa shape index (κ2) is 3.72. The number of rotatable bonds is 3. The molecule has 2 heterocycles. The Labute approximate surface area is 87.9 Å². The van der Waals surface area contributed by atoms with E-state index in [1.54, 1.807) is 6.20 Å². The highest BCUT2D eigenvalue weighted by Crippen LogP contribution is 2.16. The molecular formula is C9H14N6. The van der Waals surface area contributed by atoms with Crippen molar-refractivity contribution in [3.05, 3.63) is 24.3 Å². The van der Waals surface area contributed by atoms with Crippen LogP contribution in [0.3, 0.4) is 0 Å². The molecule has 80 valence electrons. The molecule has 1 N–H and O–H groups in total. The lowest BCUT2D eigenvalue weighted by molar-refractivity contribution is 0.519. The highest BCUT2D eigenvalue weighted by molar-refractivity contribution is 5.24. The van der Waals surface area contributed by atoms with E-state index < -0.39 is 0 Å². The van der Waals surface area contributed by atoms with Crippen molar-refractivity contribution in [3.63, 3.8) is 0 Å². The normalized spacial score (nSPS) is 12.7. The zero-order valence-electron chi connectivity index (χ0n) is 9.05. The molecule has 2 rings (SSSR count). The summed E-state index contributed by atoms with van der Waals surface area (Å²) in [5.74, 6) is 1.63. The van der Waals surface area contributed by atoms with Crippen LogP contribution in [-0.2, 0) is 7.05 Å². The summed E-state index contributed by atoms with van der Waals surface area (Å²) in [6, 6.07) is 1.98.